The Morgan fingerprint density at radius 1 is 1.44 bits per heavy atom. The first kappa shape index (κ1) is 12.2. The molecule has 1 aromatic heterocycles. The molecule has 0 aliphatic carbocycles. The highest BCUT2D eigenvalue weighted by molar-refractivity contribution is 5.80. The monoisotopic (exact) mass is 221 g/mol. The normalized spacial score (nSPS) is 11.4. The number of pyridine rings is 1. The van der Waals surface area contributed by atoms with Crippen LogP contribution in [-0.4, -0.2) is 22.9 Å². The van der Waals surface area contributed by atoms with Gasteiger partial charge in [0.05, 0.1) is 6.21 Å². The molecule has 0 aliphatic rings. The van der Waals surface area contributed by atoms with E-state index in [-0.39, 0.29) is 0 Å². The zero-order valence-electron chi connectivity index (χ0n) is 9.60. The van der Waals surface area contributed by atoms with Crippen molar-refractivity contribution in [1.29, 1.82) is 0 Å². The molecule has 0 radical (unpaired) electrons. The number of aromatic nitrogens is 1. The number of hydrazone groups is 1. The SMILES string of the molecule is CC(C)(C)OC(=O)N/N=C/c1ccncc1. The van der Waals surface area contributed by atoms with Crippen LogP contribution in [0.1, 0.15) is 26.3 Å². The van der Waals surface area contributed by atoms with Crippen molar-refractivity contribution in [3.8, 4) is 0 Å². The third-order valence-electron chi connectivity index (χ3n) is 1.47. The van der Waals surface area contributed by atoms with Crippen LogP contribution in [0.2, 0.25) is 0 Å². The first-order valence-electron chi connectivity index (χ1n) is 4.89. The van der Waals surface area contributed by atoms with Crippen LogP contribution < -0.4 is 5.43 Å². The second kappa shape index (κ2) is 5.25. The van der Waals surface area contributed by atoms with E-state index in [1.807, 2.05) is 0 Å². The molecule has 16 heavy (non-hydrogen) atoms. The maximum atomic E-state index is 11.2. The lowest BCUT2D eigenvalue weighted by molar-refractivity contribution is 0.0529. The van der Waals surface area contributed by atoms with Crippen molar-refractivity contribution in [1.82, 2.24) is 10.4 Å². The molecule has 0 atom stereocenters. The molecule has 1 amide bonds. The highest BCUT2D eigenvalue weighted by Gasteiger charge is 2.15. The standard InChI is InChI=1S/C11H15N3O2/c1-11(2,3)16-10(15)14-13-8-9-4-6-12-7-5-9/h4-8H,1-3H3,(H,14,15)/b13-8+. The van der Waals surface area contributed by atoms with Gasteiger partial charge in [0.25, 0.3) is 0 Å². The van der Waals surface area contributed by atoms with Gasteiger partial charge in [-0.3, -0.25) is 4.98 Å². The summed E-state index contributed by atoms with van der Waals surface area (Å²) in [5, 5.41) is 3.75. The first-order chi connectivity index (χ1) is 7.47. The van der Waals surface area contributed by atoms with Crippen molar-refractivity contribution >= 4 is 12.3 Å². The second-order valence-corrected chi connectivity index (χ2v) is 4.15. The number of nitrogens with zero attached hydrogens (tertiary/aromatic N) is 2. The fourth-order valence-electron chi connectivity index (χ4n) is 0.910. The smallest absolute Gasteiger partial charge is 0.428 e. The summed E-state index contributed by atoms with van der Waals surface area (Å²) in [5.41, 5.74) is 2.61. The minimum absolute atomic E-state index is 0.518. The fraction of sp³-hybridized carbons (Fsp3) is 0.364. The summed E-state index contributed by atoms with van der Waals surface area (Å²) >= 11 is 0. The van der Waals surface area contributed by atoms with Crippen molar-refractivity contribution in [3.05, 3.63) is 30.1 Å². The van der Waals surface area contributed by atoms with Crippen LogP contribution in [0.25, 0.3) is 0 Å². The fourth-order valence-corrected chi connectivity index (χ4v) is 0.910. The zero-order valence-corrected chi connectivity index (χ0v) is 9.60. The first-order valence-corrected chi connectivity index (χ1v) is 4.89. The Balaban J connectivity index is 2.41. The van der Waals surface area contributed by atoms with Gasteiger partial charge in [-0.2, -0.15) is 5.10 Å². The van der Waals surface area contributed by atoms with Crippen molar-refractivity contribution < 1.29 is 9.53 Å². The predicted molar refractivity (Wildman–Crippen MR) is 61.2 cm³/mol. The Kier molecular flexibility index (Phi) is 3.99. The summed E-state index contributed by atoms with van der Waals surface area (Å²) in [4.78, 5) is 15.1. The summed E-state index contributed by atoms with van der Waals surface area (Å²) in [5.74, 6) is 0. The van der Waals surface area contributed by atoms with E-state index >= 15 is 0 Å². The van der Waals surface area contributed by atoms with Gasteiger partial charge in [0, 0.05) is 12.4 Å². The summed E-state index contributed by atoms with van der Waals surface area (Å²) in [6, 6.07) is 3.56. The van der Waals surface area contributed by atoms with Crippen LogP contribution in [0.5, 0.6) is 0 Å². The number of rotatable bonds is 2. The highest BCUT2D eigenvalue weighted by atomic mass is 16.6. The van der Waals surface area contributed by atoms with Gasteiger partial charge >= 0.3 is 6.09 Å². The molecule has 0 fully saturated rings. The van der Waals surface area contributed by atoms with Crippen molar-refractivity contribution in [2.75, 3.05) is 0 Å². The lowest BCUT2D eigenvalue weighted by Crippen LogP contribution is -2.29. The number of nitrogens with one attached hydrogen (secondary N) is 1. The van der Waals surface area contributed by atoms with E-state index in [0.717, 1.165) is 5.56 Å². The molecular formula is C11H15N3O2. The topological polar surface area (TPSA) is 63.6 Å². The molecule has 86 valence electrons. The largest absolute Gasteiger partial charge is 0.443 e. The minimum Gasteiger partial charge on any atom is -0.443 e. The van der Waals surface area contributed by atoms with Crippen molar-refractivity contribution in [2.45, 2.75) is 26.4 Å². The Morgan fingerprint density at radius 3 is 2.62 bits per heavy atom. The van der Waals surface area contributed by atoms with E-state index in [9.17, 15) is 4.79 Å². The molecule has 0 saturated heterocycles. The van der Waals surface area contributed by atoms with Crippen LogP contribution in [0.3, 0.4) is 0 Å². The van der Waals surface area contributed by atoms with E-state index in [1.165, 1.54) is 6.21 Å². The molecule has 0 saturated carbocycles. The van der Waals surface area contributed by atoms with Gasteiger partial charge < -0.3 is 4.74 Å². The predicted octanol–water partition coefficient (Wildman–Crippen LogP) is 1.94. The van der Waals surface area contributed by atoms with Gasteiger partial charge in [0.1, 0.15) is 5.60 Å². The quantitative estimate of drug-likeness (QED) is 0.613. The molecule has 1 heterocycles. The molecule has 1 rings (SSSR count). The van der Waals surface area contributed by atoms with E-state index in [1.54, 1.807) is 45.3 Å². The molecule has 0 bridgehead atoms. The van der Waals surface area contributed by atoms with Gasteiger partial charge in [-0.05, 0) is 38.5 Å². The Labute approximate surface area is 94.5 Å². The van der Waals surface area contributed by atoms with Gasteiger partial charge in [0.15, 0.2) is 0 Å². The van der Waals surface area contributed by atoms with E-state index in [4.69, 9.17) is 4.74 Å². The minimum atomic E-state index is -0.571. The van der Waals surface area contributed by atoms with Gasteiger partial charge in [-0.1, -0.05) is 0 Å². The molecule has 5 nitrogen and oxygen atoms in total. The lowest BCUT2D eigenvalue weighted by atomic mass is 10.2. The van der Waals surface area contributed by atoms with Gasteiger partial charge in [-0.25, -0.2) is 10.2 Å². The maximum absolute atomic E-state index is 11.2. The van der Waals surface area contributed by atoms with Crippen LogP contribution in [-0.2, 0) is 4.74 Å². The van der Waals surface area contributed by atoms with Crippen LogP contribution in [0.15, 0.2) is 29.6 Å². The van der Waals surface area contributed by atoms with Gasteiger partial charge in [0.2, 0.25) is 0 Å². The number of hydrogen-bond donors (Lipinski definition) is 1. The van der Waals surface area contributed by atoms with E-state index in [0.29, 0.717) is 0 Å². The molecule has 0 aliphatic heterocycles. The Hall–Kier alpha value is -1.91. The number of ether oxygens (including phenoxy) is 1. The molecule has 0 spiro atoms. The summed E-state index contributed by atoms with van der Waals surface area (Å²) in [6.07, 6.45) is 4.24. The third-order valence-corrected chi connectivity index (χ3v) is 1.47. The number of carbonyl (C=O) groups is 1. The summed E-state index contributed by atoms with van der Waals surface area (Å²) < 4.78 is 5.00. The zero-order chi connectivity index (χ0) is 12.0. The molecule has 0 aromatic carbocycles. The summed E-state index contributed by atoms with van der Waals surface area (Å²) in [7, 11) is 0. The average molecular weight is 221 g/mol. The van der Waals surface area contributed by atoms with Crippen LogP contribution in [0, 0.1) is 0 Å². The highest BCUT2D eigenvalue weighted by Crippen LogP contribution is 2.06. The summed E-state index contributed by atoms with van der Waals surface area (Å²) in [6.45, 7) is 5.37. The molecule has 1 N–H and O–H groups in total. The molecular weight excluding hydrogens is 206 g/mol. The van der Waals surface area contributed by atoms with Gasteiger partial charge in [-0.15, -0.1) is 0 Å². The Morgan fingerprint density at radius 2 is 2.06 bits per heavy atom. The third kappa shape index (κ3) is 5.09. The maximum Gasteiger partial charge on any atom is 0.428 e. The second-order valence-electron chi connectivity index (χ2n) is 4.15. The molecule has 5 heteroatoms. The number of hydrogen-bond acceptors (Lipinski definition) is 4. The van der Waals surface area contributed by atoms with Crippen LogP contribution >= 0.6 is 0 Å². The van der Waals surface area contributed by atoms with E-state index < -0.39 is 11.7 Å². The lowest BCUT2D eigenvalue weighted by Gasteiger charge is -2.18. The van der Waals surface area contributed by atoms with Crippen molar-refractivity contribution in [2.24, 2.45) is 5.10 Å². The Bertz CT molecular complexity index is 369. The van der Waals surface area contributed by atoms with Crippen molar-refractivity contribution in [3.63, 3.8) is 0 Å². The molecule has 1 aromatic rings. The molecule has 0 unspecified atom stereocenters. The average Bonchev–Trinajstić information content (AvgIpc) is 2.16. The number of carbonyl (C=O) groups excluding carboxylic acids is 1. The van der Waals surface area contributed by atoms with E-state index in [2.05, 4.69) is 15.5 Å². The number of amides is 1. The van der Waals surface area contributed by atoms with Crippen LogP contribution in [0.4, 0.5) is 4.79 Å².